The van der Waals surface area contributed by atoms with Crippen LogP contribution in [0, 0.1) is 12.3 Å². The lowest BCUT2D eigenvalue weighted by molar-refractivity contribution is 0.485. The minimum Gasteiger partial charge on any atom is -0.0922 e. The molecule has 1 radical (unpaired) electrons. The Morgan fingerprint density at radius 1 is 1.38 bits per heavy atom. The quantitative estimate of drug-likeness (QED) is 0.668. The Kier molecular flexibility index (Phi) is 4.35. The molecule has 49 valence electrons. The Balaban J connectivity index is 3.58. The van der Waals surface area contributed by atoms with Crippen LogP contribution in [0.25, 0.3) is 0 Å². The lowest BCUT2D eigenvalue weighted by atomic mass is 9.93. The van der Waals surface area contributed by atoms with E-state index in [1.54, 1.807) is 0 Å². The molecule has 8 heavy (non-hydrogen) atoms. The van der Waals surface area contributed by atoms with Gasteiger partial charge in [0.15, 0.2) is 0 Å². The van der Waals surface area contributed by atoms with Crippen molar-refractivity contribution in [1.29, 1.82) is 0 Å². The van der Waals surface area contributed by atoms with Crippen LogP contribution >= 0.6 is 31.9 Å². The second kappa shape index (κ2) is 3.89. The number of hydrogen-bond acceptors (Lipinski definition) is 0. The molecule has 0 aliphatic rings. The van der Waals surface area contributed by atoms with E-state index in [4.69, 9.17) is 0 Å². The molecule has 0 rings (SSSR count). The fraction of sp³-hybridized carbons (Fsp3) is 0.833. The number of halogens is 2. The fourth-order valence-electron chi connectivity index (χ4n) is 0.225. The molecule has 0 amide bonds. The minimum atomic E-state index is 0.208. The van der Waals surface area contributed by atoms with Crippen LogP contribution in [0.4, 0.5) is 0 Å². The third kappa shape index (κ3) is 2.49. The maximum absolute atomic E-state index is 4.03. The predicted octanol–water partition coefficient (Wildman–Crippen LogP) is 3.01. The van der Waals surface area contributed by atoms with Crippen molar-refractivity contribution in [2.75, 3.05) is 10.7 Å². The number of alkyl halides is 2. The Labute approximate surface area is 68.3 Å². The van der Waals surface area contributed by atoms with E-state index in [9.17, 15) is 0 Å². The van der Waals surface area contributed by atoms with E-state index in [2.05, 4.69) is 45.7 Å². The van der Waals surface area contributed by atoms with Crippen LogP contribution in [-0.4, -0.2) is 10.7 Å². The third-order valence-electron chi connectivity index (χ3n) is 1.32. The van der Waals surface area contributed by atoms with Gasteiger partial charge in [-0.15, -0.1) is 0 Å². The van der Waals surface area contributed by atoms with Gasteiger partial charge in [-0.05, 0) is 18.8 Å². The zero-order valence-electron chi connectivity index (χ0n) is 5.08. The van der Waals surface area contributed by atoms with Gasteiger partial charge in [-0.25, -0.2) is 0 Å². The van der Waals surface area contributed by atoms with Crippen molar-refractivity contribution in [3.05, 3.63) is 6.92 Å². The fourth-order valence-corrected chi connectivity index (χ4v) is 1.95. The Hall–Kier alpha value is 0.960. The van der Waals surface area contributed by atoms with E-state index in [0.717, 1.165) is 17.1 Å². The molecule has 0 aromatic rings. The van der Waals surface area contributed by atoms with Gasteiger partial charge >= 0.3 is 0 Å². The molecule has 0 saturated carbocycles. The highest BCUT2D eigenvalue weighted by Crippen LogP contribution is 2.24. The molecule has 0 aromatic carbocycles. The molecule has 0 heterocycles. The average molecular weight is 243 g/mol. The molecule has 0 fully saturated rings. The van der Waals surface area contributed by atoms with Crippen molar-refractivity contribution >= 4 is 31.9 Å². The van der Waals surface area contributed by atoms with Crippen molar-refractivity contribution in [2.24, 2.45) is 5.41 Å². The van der Waals surface area contributed by atoms with Crippen LogP contribution in [0.3, 0.4) is 0 Å². The molecule has 0 aliphatic carbocycles. The summed E-state index contributed by atoms with van der Waals surface area (Å²) in [6.45, 7) is 6.18. The number of rotatable bonds is 3. The van der Waals surface area contributed by atoms with E-state index in [0.29, 0.717) is 0 Å². The first kappa shape index (κ1) is 8.96. The summed E-state index contributed by atoms with van der Waals surface area (Å²) >= 11 is 6.80. The van der Waals surface area contributed by atoms with E-state index in [-0.39, 0.29) is 5.41 Å². The number of hydrogen-bond donors (Lipinski definition) is 0. The van der Waals surface area contributed by atoms with Gasteiger partial charge in [0.2, 0.25) is 0 Å². The van der Waals surface area contributed by atoms with Crippen molar-refractivity contribution < 1.29 is 0 Å². The summed E-state index contributed by atoms with van der Waals surface area (Å²) in [7, 11) is 0. The summed E-state index contributed by atoms with van der Waals surface area (Å²) in [5.41, 5.74) is 0.208. The Morgan fingerprint density at radius 3 is 1.75 bits per heavy atom. The summed E-state index contributed by atoms with van der Waals surface area (Å²) in [4.78, 5) is 0. The van der Waals surface area contributed by atoms with Crippen molar-refractivity contribution in [3.8, 4) is 0 Å². The highest BCUT2D eigenvalue weighted by molar-refractivity contribution is 9.09. The molecule has 0 N–H and O–H groups in total. The maximum Gasteiger partial charge on any atom is 0.00958 e. The largest absolute Gasteiger partial charge is 0.0922 e. The minimum absolute atomic E-state index is 0.208. The molecule has 2 heteroatoms. The molecule has 0 aliphatic heterocycles. The van der Waals surface area contributed by atoms with E-state index in [1.807, 2.05) is 0 Å². The van der Waals surface area contributed by atoms with Gasteiger partial charge in [0.05, 0.1) is 0 Å². The van der Waals surface area contributed by atoms with Crippen LogP contribution in [0.2, 0.25) is 0 Å². The molecule has 0 atom stereocenters. The van der Waals surface area contributed by atoms with Gasteiger partial charge in [0.1, 0.15) is 0 Å². The summed E-state index contributed by atoms with van der Waals surface area (Å²) < 4.78 is 0. The molecule has 0 spiro atoms. The first-order chi connectivity index (χ1) is 3.68. The maximum atomic E-state index is 4.03. The van der Waals surface area contributed by atoms with E-state index < -0.39 is 0 Å². The zero-order valence-corrected chi connectivity index (χ0v) is 8.26. The van der Waals surface area contributed by atoms with Gasteiger partial charge in [0, 0.05) is 10.7 Å². The second-order valence-electron chi connectivity index (χ2n) is 2.12. The summed E-state index contributed by atoms with van der Waals surface area (Å²) in [6, 6.07) is 0. The third-order valence-corrected chi connectivity index (χ3v) is 3.70. The van der Waals surface area contributed by atoms with Crippen molar-refractivity contribution in [1.82, 2.24) is 0 Å². The van der Waals surface area contributed by atoms with Crippen LogP contribution in [0.5, 0.6) is 0 Å². The molecular weight excluding hydrogens is 232 g/mol. The summed E-state index contributed by atoms with van der Waals surface area (Å²) in [5.74, 6) is 0. The molecular formula is C6H11Br2. The smallest absolute Gasteiger partial charge is 0.00958 e. The monoisotopic (exact) mass is 241 g/mol. The Bertz CT molecular complexity index is 49.3. The summed E-state index contributed by atoms with van der Waals surface area (Å²) in [5, 5.41) is 1.95. The van der Waals surface area contributed by atoms with Crippen molar-refractivity contribution in [3.63, 3.8) is 0 Å². The average Bonchev–Trinajstić information content (AvgIpc) is 1.87. The molecule has 0 unspecified atom stereocenters. The van der Waals surface area contributed by atoms with Gasteiger partial charge in [0.25, 0.3) is 0 Å². The Morgan fingerprint density at radius 2 is 1.75 bits per heavy atom. The van der Waals surface area contributed by atoms with Gasteiger partial charge in [-0.1, -0.05) is 38.8 Å². The lowest BCUT2D eigenvalue weighted by Gasteiger charge is -2.21. The van der Waals surface area contributed by atoms with Crippen molar-refractivity contribution in [2.45, 2.75) is 13.3 Å². The summed E-state index contributed by atoms with van der Waals surface area (Å²) in [6.07, 6.45) is 1.11. The van der Waals surface area contributed by atoms with Crippen LogP contribution in [-0.2, 0) is 0 Å². The highest BCUT2D eigenvalue weighted by atomic mass is 79.9. The van der Waals surface area contributed by atoms with Gasteiger partial charge in [-0.2, -0.15) is 0 Å². The second-order valence-corrected chi connectivity index (χ2v) is 3.24. The lowest BCUT2D eigenvalue weighted by Crippen LogP contribution is -2.18. The standard InChI is InChI=1S/C6H11Br2/c1-3-6(2,4-7)5-8/h2-5H2,1H3. The van der Waals surface area contributed by atoms with E-state index in [1.165, 1.54) is 0 Å². The van der Waals surface area contributed by atoms with Crippen LogP contribution in [0.1, 0.15) is 13.3 Å². The van der Waals surface area contributed by atoms with E-state index >= 15 is 0 Å². The molecule has 0 nitrogen and oxygen atoms in total. The molecule has 0 bridgehead atoms. The van der Waals surface area contributed by atoms with Gasteiger partial charge in [-0.3, -0.25) is 0 Å². The highest BCUT2D eigenvalue weighted by Gasteiger charge is 2.17. The molecule has 0 saturated heterocycles. The first-order valence-electron chi connectivity index (χ1n) is 2.66. The van der Waals surface area contributed by atoms with Crippen LogP contribution in [0.15, 0.2) is 0 Å². The topological polar surface area (TPSA) is 0 Å². The SMILES string of the molecule is [CH2]C(CC)(CBr)CBr. The van der Waals surface area contributed by atoms with Crippen LogP contribution < -0.4 is 0 Å². The first-order valence-corrected chi connectivity index (χ1v) is 4.90. The predicted molar refractivity (Wildman–Crippen MR) is 45.7 cm³/mol. The normalized spacial score (nSPS) is 12.0. The zero-order chi connectivity index (χ0) is 6.62. The molecule has 0 aromatic heterocycles. The van der Waals surface area contributed by atoms with Gasteiger partial charge < -0.3 is 0 Å².